The Morgan fingerprint density at radius 1 is 0.917 bits per heavy atom. The van der Waals surface area contributed by atoms with Gasteiger partial charge in [0.2, 0.25) is 5.91 Å². The molecule has 2 atom stereocenters. The first-order valence-corrected chi connectivity index (χ1v) is 23.9. The average molecular weight is 865 g/mol. The van der Waals surface area contributed by atoms with Crippen LogP contribution in [0.4, 0.5) is 4.79 Å². The van der Waals surface area contributed by atoms with Crippen LogP contribution in [-0.4, -0.2) is 111 Å². The third-order valence-electron chi connectivity index (χ3n) is 12.6. The number of piperazine rings is 1. The van der Waals surface area contributed by atoms with E-state index in [0.29, 0.717) is 49.4 Å². The number of benzene rings is 3. The number of ketones is 1. The first kappa shape index (κ1) is 45.5. The Hall–Kier alpha value is -4.01. The van der Waals surface area contributed by atoms with Crippen LogP contribution in [0.1, 0.15) is 80.9 Å². The smallest absolute Gasteiger partial charge is 0.415 e. The fourth-order valence-corrected chi connectivity index (χ4v) is 10.1. The first-order chi connectivity index (χ1) is 28.8. The number of carbonyl (C=O) groups is 3. The summed E-state index contributed by atoms with van der Waals surface area (Å²) in [5.41, 5.74) is 9.25. The van der Waals surface area contributed by atoms with Crippen molar-refractivity contribution in [2.24, 2.45) is 11.1 Å². The Morgan fingerprint density at radius 2 is 1.67 bits per heavy atom. The van der Waals surface area contributed by atoms with Crippen LogP contribution >= 0.6 is 11.6 Å². The van der Waals surface area contributed by atoms with Crippen LogP contribution in [0.5, 0.6) is 11.5 Å². The summed E-state index contributed by atoms with van der Waals surface area (Å²) in [6, 6.07) is 21.7. The van der Waals surface area contributed by atoms with Crippen molar-refractivity contribution in [1.29, 1.82) is 0 Å². The summed E-state index contributed by atoms with van der Waals surface area (Å²) in [6.45, 7) is 3.77. The summed E-state index contributed by atoms with van der Waals surface area (Å²) in [7, 11) is -1.51. The molecule has 2 saturated heterocycles. The van der Waals surface area contributed by atoms with E-state index in [-0.39, 0.29) is 60.7 Å². The number of carbonyl (C=O) groups excluding carboxylic acids is 3. The van der Waals surface area contributed by atoms with Crippen molar-refractivity contribution < 1.29 is 32.3 Å². The number of likely N-dealkylation sites (tertiary alicyclic amines) is 1. The summed E-state index contributed by atoms with van der Waals surface area (Å²) >= 11 is 6.30. The van der Waals surface area contributed by atoms with Gasteiger partial charge in [0.15, 0.2) is 11.5 Å². The quantitative estimate of drug-likeness (QED) is 0.137. The highest BCUT2D eigenvalue weighted by molar-refractivity contribution is 7.90. The lowest BCUT2D eigenvalue weighted by atomic mass is 9.72. The van der Waals surface area contributed by atoms with Gasteiger partial charge in [-0.2, -0.15) is 0 Å². The van der Waals surface area contributed by atoms with Crippen LogP contribution in [0.25, 0.3) is 0 Å². The lowest BCUT2D eigenvalue weighted by Crippen LogP contribution is -2.63. The van der Waals surface area contributed by atoms with Gasteiger partial charge in [-0.05, 0) is 92.7 Å². The molecule has 3 N–H and O–H groups in total. The second kappa shape index (κ2) is 21.2. The van der Waals surface area contributed by atoms with E-state index in [2.05, 4.69) is 40.5 Å². The van der Waals surface area contributed by atoms with Crippen LogP contribution in [0.2, 0.25) is 5.02 Å². The molecule has 3 aromatic rings. The highest BCUT2D eigenvalue weighted by Crippen LogP contribution is 2.44. The fourth-order valence-electron chi connectivity index (χ4n) is 9.18. The largest absolute Gasteiger partial charge is 0.496 e. The first-order valence-electron chi connectivity index (χ1n) is 21.5. The second-order valence-electron chi connectivity index (χ2n) is 17.0. The number of amides is 2. The standard InChI is InChI=1S/C46H62ClN5O7S/c1-58-43-29-34(16-18-36(43)30-48)17-19-41(53)40-32-51(45(55)59-42-15-9-8-13-38(42)47)26-27-52(40)44(54)39(14-7-4-10-28-60(2,56)57)49-37-20-22-46(23-21-37)24-25-50(33-46)31-35-11-5-3-6-12-35/h3,5-6,8-9,11-13,15-16,18,29,37,39-40,49H,4,7,10,14,17,19-28,30-33,48H2,1-2H3/t37?,39-,40+,46?/m1/s1. The number of para-hydroxylation sites is 1. The van der Waals surface area contributed by atoms with E-state index < -0.39 is 28.0 Å². The molecule has 2 aliphatic heterocycles. The molecule has 326 valence electrons. The molecule has 1 aliphatic carbocycles. The zero-order valence-electron chi connectivity index (χ0n) is 35.2. The maximum absolute atomic E-state index is 14.8. The molecule has 14 heteroatoms. The molecular formula is C46H62ClN5O7S. The third-order valence-corrected chi connectivity index (χ3v) is 14.0. The van der Waals surface area contributed by atoms with Gasteiger partial charge < -0.3 is 30.3 Å². The highest BCUT2D eigenvalue weighted by atomic mass is 35.5. The van der Waals surface area contributed by atoms with Crippen molar-refractivity contribution in [3.05, 3.63) is 94.5 Å². The van der Waals surface area contributed by atoms with Crippen LogP contribution in [0, 0.1) is 5.41 Å². The molecule has 2 heterocycles. The van der Waals surface area contributed by atoms with E-state index in [4.69, 9.17) is 26.8 Å². The number of ether oxygens (including phenoxy) is 2. The normalized spacial score (nSPS) is 21.5. The molecule has 0 unspecified atom stereocenters. The summed E-state index contributed by atoms with van der Waals surface area (Å²) in [4.78, 5) is 48.4. The minimum absolute atomic E-state index is 0.0181. The molecule has 60 heavy (non-hydrogen) atoms. The number of aryl methyl sites for hydroxylation is 1. The molecule has 1 saturated carbocycles. The van der Waals surface area contributed by atoms with E-state index in [1.165, 1.54) is 23.1 Å². The zero-order chi connectivity index (χ0) is 42.7. The van der Waals surface area contributed by atoms with Crippen molar-refractivity contribution >= 4 is 39.2 Å². The highest BCUT2D eigenvalue weighted by Gasteiger charge is 2.43. The Kier molecular flexibility index (Phi) is 16.1. The Labute approximate surface area is 361 Å². The molecule has 12 nitrogen and oxygen atoms in total. The van der Waals surface area contributed by atoms with Gasteiger partial charge >= 0.3 is 6.09 Å². The van der Waals surface area contributed by atoms with Gasteiger partial charge in [0, 0.05) is 62.8 Å². The van der Waals surface area contributed by atoms with Crippen molar-refractivity contribution in [2.75, 3.05) is 51.8 Å². The maximum atomic E-state index is 14.8. The van der Waals surface area contributed by atoms with E-state index >= 15 is 0 Å². The molecule has 3 aliphatic rings. The molecule has 0 aromatic heterocycles. The molecular weight excluding hydrogens is 802 g/mol. The minimum Gasteiger partial charge on any atom is -0.496 e. The van der Waals surface area contributed by atoms with E-state index in [1.54, 1.807) is 36.3 Å². The van der Waals surface area contributed by atoms with Crippen molar-refractivity contribution in [1.82, 2.24) is 20.0 Å². The molecule has 0 radical (unpaired) electrons. The number of nitrogens with zero attached hydrogens (tertiary/aromatic N) is 3. The number of unbranched alkanes of at least 4 members (excludes halogenated alkanes) is 2. The zero-order valence-corrected chi connectivity index (χ0v) is 36.7. The summed E-state index contributed by atoms with van der Waals surface area (Å²) in [6.07, 6.45) is 8.76. The van der Waals surface area contributed by atoms with Crippen molar-refractivity contribution in [3.63, 3.8) is 0 Å². The molecule has 3 aromatic carbocycles. The Bertz CT molecular complexity index is 2030. The lowest BCUT2D eigenvalue weighted by molar-refractivity contribution is -0.144. The van der Waals surface area contributed by atoms with Crippen molar-refractivity contribution in [2.45, 2.75) is 102 Å². The van der Waals surface area contributed by atoms with E-state index in [1.807, 2.05) is 18.2 Å². The van der Waals surface area contributed by atoms with Crippen molar-refractivity contribution in [3.8, 4) is 11.5 Å². The molecule has 3 fully saturated rings. The van der Waals surface area contributed by atoms with Crippen LogP contribution in [0.3, 0.4) is 0 Å². The summed E-state index contributed by atoms with van der Waals surface area (Å²) in [5.74, 6) is 0.653. The molecule has 6 rings (SSSR count). The van der Waals surface area contributed by atoms with Gasteiger partial charge in [0.05, 0.1) is 24.7 Å². The van der Waals surface area contributed by atoms with Gasteiger partial charge in [-0.25, -0.2) is 13.2 Å². The summed E-state index contributed by atoms with van der Waals surface area (Å²) in [5, 5.41) is 4.04. The lowest BCUT2D eigenvalue weighted by Gasteiger charge is -2.43. The summed E-state index contributed by atoms with van der Waals surface area (Å²) < 4.78 is 34.9. The van der Waals surface area contributed by atoms with E-state index in [0.717, 1.165) is 56.4 Å². The molecule has 1 spiro atoms. The van der Waals surface area contributed by atoms with Gasteiger partial charge in [0.25, 0.3) is 0 Å². The SMILES string of the molecule is COc1cc(CCC(=O)[C@@H]2CN(C(=O)Oc3ccccc3Cl)CCN2C(=O)[C@@H](CCCCCS(C)(=O)=O)NC2CCC3(CC2)CCN(Cc2ccccc2)C3)ccc1CN. The van der Waals surface area contributed by atoms with Crippen LogP contribution in [0.15, 0.2) is 72.8 Å². The second-order valence-corrected chi connectivity index (χ2v) is 19.7. The molecule has 0 bridgehead atoms. The number of sulfone groups is 1. The monoisotopic (exact) mass is 863 g/mol. The molecule has 2 amide bonds. The minimum atomic E-state index is -3.09. The topological polar surface area (TPSA) is 152 Å². The van der Waals surface area contributed by atoms with E-state index in [9.17, 15) is 22.8 Å². The number of nitrogens with two attached hydrogens (primary N) is 1. The number of hydrogen-bond donors (Lipinski definition) is 2. The predicted molar refractivity (Wildman–Crippen MR) is 235 cm³/mol. The van der Waals surface area contributed by atoms with Gasteiger partial charge in [-0.3, -0.25) is 14.5 Å². The van der Waals surface area contributed by atoms with Crippen LogP contribution in [-0.2, 0) is 38.9 Å². The number of halogens is 1. The number of rotatable bonds is 18. The fraction of sp³-hybridized carbons (Fsp3) is 0.543. The number of Topliss-reactive ketones (excluding diaryl/α,β-unsaturated/α-hetero) is 1. The Balaban J connectivity index is 1.16. The Morgan fingerprint density at radius 3 is 2.38 bits per heavy atom. The number of hydrogen-bond acceptors (Lipinski definition) is 10. The number of nitrogens with one attached hydrogen (secondary N) is 1. The third kappa shape index (κ3) is 12.5. The van der Waals surface area contributed by atoms with Gasteiger partial charge in [-0.15, -0.1) is 0 Å². The average Bonchev–Trinajstić information content (AvgIpc) is 3.64. The van der Waals surface area contributed by atoms with Crippen LogP contribution < -0.4 is 20.5 Å². The van der Waals surface area contributed by atoms with Gasteiger partial charge in [-0.1, -0.05) is 79.0 Å². The van der Waals surface area contributed by atoms with Gasteiger partial charge in [0.1, 0.15) is 21.6 Å². The number of methoxy groups -OCH3 is 1. The predicted octanol–water partition coefficient (Wildman–Crippen LogP) is 6.42. The maximum Gasteiger partial charge on any atom is 0.415 e.